The highest BCUT2D eigenvalue weighted by Gasteiger charge is 2.12. The highest BCUT2D eigenvalue weighted by atomic mass is 35.5. The van der Waals surface area contributed by atoms with Crippen molar-refractivity contribution >= 4 is 22.4 Å². The highest BCUT2D eigenvalue weighted by molar-refractivity contribution is 7.89. The van der Waals surface area contributed by atoms with E-state index < -0.39 is 10.0 Å². The summed E-state index contributed by atoms with van der Waals surface area (Å²) < 4.78 is 25.5. The van der Waals surface area contributed by atoms with Crippen molar-refractivity contribution in [2.45, 2.75) is 11.4 Å². The van der Waals surface area contributed by atoms with Gasteiger partial charge in [-0.25, -0.2) is 13.1 Å². The molecule has 0 aromatic heterocycles. The van der Waals surface area contributed by atoms with Gasteiger partial charge in [-0.1, -0.05) is 12.1 Å². The van der Waals surface area contributed by atoms with Crippen LogP contribution < -0.4 is 10.5 Å². The highest BCUT2D eigenvalue weighted by Crippen LogP contribution is 2.10. The molecule has 1 aromatic carbocycles. The molecule has 4 N–H and O–H groups in total. The monoisotopic (exact) mass is 266 g/mol. The van der Waals surface area contributed by atoms with Crippen LogP contribution in [0.1, 0.15) is 5.56 Å². The van der Waals surface area contributed by atoms with Crippen LogP contribution >= 0.6 is 12.4 Å². The van der Waals surface area contributed by atoms with Gasteiger partial charge in [0.15, 0.2) is 0 Å². The first-order chi connectivity index (χ1) is 7.10. The second-order valence-corrected chi connectivity index (χ2v) is 4.74. The van der Waals surface area contributed by atoms with Crippen molar-refractivity contribution in [2.24, 2.45) is 5.73 Å². The number of aliphatic hydroxyl groups is 1. The summed E-state index contributed by atoms with van der Waals surface area (Å²) in [5.41, 5.74) is 6.16. The lowest BCUT2D eigenvalue weighted by Crippen LogP contribution is -2.26. The molecule has 0 amide bonds. The van der Waals surface area contributed by atoms with Crippen LogP contribution in [-0.4, -0.2) is 26.7 Å². The Bertz CT molecular complexity index is 423. The lowest BCUT2D eigenvalue weighted by molar-refractivity contribution is 0.301. The zero-order chi connectivity index (χ0) is 11.3. The van der Waals surface area contributed by atoms with E-state index >= 15 is 0 Å². The lowest BCUT2D eigenvalue weighted by atomic mass is 10.2. The van der Waals surface area contributed by atoms with Crippen molar-refractivity contribution < 1.29 is 13.5 Å². The van der Waals surface area contributed by atoms with Gasteiger partial charge < -0.3 is 10.8 Å². The Hall–Kier alpha value is -0.660. The predicted octanol–water partition coefficient (Wildman–Crippen LogP) is -0.162. The van der Waals surface area contributed by atoms with Gasteiger partial charge in [-0.05, 0) is 17.7 Å². The van der Waals surface area contributed by atoms with E-state index in [-0.39, 0.29) is 30.5 Å². The molecule has 7 heteroatoms. The largest absolute Gasteiger partial charge is 0.395 e. The van der Waals surface area contributed by atoms with Crippen LogP contribution in [0.2, 0.25) is 0 Å². The van der Waals surface area contributed by atoms with Crippen molar-refractivity contribution in [1.82, 2.24) is 4.72 Å². The van der Waals surface area contributed by atoms with E-state index in [0.717, 1.165) is 5.56 Å². The van der Waals surface area contributed by atoms with Gasteiger partial charge in [0.25, 0.3) is 0 Å². The van der Waals surface area contributed by atoms with Crippen molar-refractivity contribution in [1.29, 1.82) is 0 Å². The first-order valence-corrected chi connectivity index (χ1v) is 5.98. The molecule has 0 heterocycles. The molecule has 0 bridgehead atoms. The fourth-order valence-corrected chi connectivity index (χ4v) is 2.19. The zero-order valence-electron chi connectivity index (χ0n) is 8.59. The van der Waals surface area contributed by atoms with E-state index in [0.29, 0.717) is 6.54 Å². The Morgan fingerprint density at radius 1 is 1.38 bits per heavy atom. The first-order valence-electron chi connectivity index (χ1n) is 4.49. The minimum Gasteiger partial charge on any atom is -0.395 e. The van der Waals surface area contributed by atoms with E-state index in [9.17, 15) is 8.42 Å². The molecular weight excluding hydrogens is 252 g/mol. The maximum absolute atomic E-state index is 11.6. The van der Waals surface area contributed by atoms with Crippen LogP contribution in [0.15, 0.2) is 29.2 Å². The molecule has 1 aromatic rings. The minimum atomic E-state index is -3.52. The second-order valence-electron chi connectivity index (χ2n) is 2.97. The Morgan fingerprint density at radius 3 is 2.62 bits per heavy atom. The predicted molar refractivity (Wildman–Crippen MR) is 63.9 cm³/mol. The maximum Gasteiger partial charge on any atom is 0.240 e. The topological polar surface area (TPSA) is 92.4 Å². The van der Waals surface area contributed by atoms with Crippen LogP contribution in [0.25, 0.3) is 0 Å². The van der Waals surface area contributed by atoms with Gasteiger partial charge in [0.2, 0.25) is 10.0 Å². The molecule has 1 rings (SSSR count). The van der Waals surface area contributed by atoms with Crippen molar-refractivity contribution in [2.75, 3.05) is 13.2 Å². The van der Waals surface area contributed by atoms with Crippen LogP contribution in [0, 0.1) is 0 Å². The smallest absolute Gasteiger partial charge is 0.240 e. The average Bonchev–Trinajstić information content (AvgIpc) is 2.26. The van der Waals surface area contributed by atoms with E-state index in [1.165, 1.54) is 12.1 Å². The van der Waals surface area contributed by atoms with Crippen molar-refractivity contribution in [3.05, 3.63) is 29.8 Å². The summed E-state index contributed by atoms with van der Waals surface area (Å²) in [5, 5.41) is 8.53. The summed E-state index contributed by atoms with van der Waals surface area (Å²) in [6.45, 7) is 0.0777. The number of sulfonamides is 1. The number of hydrogen-bond donors (Lipinski definition) is 3. The summed E-state index contributed by atoms with van der Waals surface area (Å²) in [6.07, 6.45) is 0. The molecule has 5 nitrogen and oxygen atoms in total. The molecular formula is C9H15ClN2O3S. The number of rotatable bonds is 5. The molecule has 0 unspecified atom stereocenters. The fourth-order valence-electron chi connectivity index (χ4n) is 1.10. The summed E-state index contributed by atoms with van der Waals surface area (Å²) in [7, 11) is -3.52. The Kier molecular flexibility index (Phi) is 6.54. The van der Waals surface area contributed by atoms with Crippen LogP contribution in [0.3, 0.4) is 0 Å². The maximum atomic E-state index is 11.6. The number of halogens is 1. The Labute approximate surface area is 101 Å². The average molecular weight is 267 g/mol. The molecule has 0 saturated heterocycles. The van der Waals surface area contributed by atoms with Gasteiger partial charge in [-0.15, -0.1) is 12.4 Å². The summed E-state index contributed by atoms with van der Waals surface area (Å²) in [5.74, 6) is 0. The zero-order valence-corrected chi connectivity index (χ0v) is 10.2. The molecule has 0 fully saturated rings. The van der Waals surface area contributed by atoms with Gasteiger partial charge >= 0.3 is 0 Å². The SMILES string of the molecule is Cl.NCc1cccc(S(=O)(=O)NCCO)c1. The van der Waals surface area contributed by atoms with E-state index in [1.54, 1.807) is 12.1 Å². The third kappa shape index (κ3) is 4.07. The van der Waals surface area contributed by atoms with Gasteiger partial charge in [0, 0.05) is 13.1 Å². The summed E-state index contributed by atoms with van der Waals surface area (Å²) in [4.78, 5) is 0.166. The van der Waals surface area contributed by atoms with E-state index in [4.69, 9.17) is 10.8 Å². The minimum absolute atomic E-state index is 0. The molecule has 0 radical (unpaired) electrons. The summed E-state index contributed by atoms with van der Waals surface area (Å²) >= 11 is 0. The molecule has 0 spiro atoms. The lowest BCUT2D eigenvalue weighted by Gasteiger charge is -2.06. The van der Waals surface area contributed by atoms with E-state index in [1.807, 2.05) is 0 Å². The first kappa shape index (κ1) is 15.3. The fraction of sp³-hybridized carbons (Fsp3) is 0.333. The number of nitrogens with two attached hydrogens (primary N) is 1. The van der Waals surface area contributed by atoms with Crippen molar-refractivity contribution in [3.63, 3.8) is 0 Å². The molecule has 0 aliphatic carbocycles. The van der Waals surface area contributed by atoms with Gasteiger partial charge in [0.05, 0.1) is 11.5 Å². The Morgan fingerprint density at radius 2 is 2.06 bits per heavy atom. The normalized spacial score (nSPS) is 10.9. The third-order valence-corrected chi connectivity index (χ3v) is 3.31. The van der Waals surface area contributed by atoms with Crippen LogP contribution in [0.4, 0.5) is 0 Å². The third-order valence-electron chi connectivity index (χ3n) is 1.85. The van der Waals surface area contributed by atoms with Gasteiger partial charge in [-0.3, -0.25) is 0 Å². The number of hydrogen-bond acceptors (Lipinski definition) is 4. The molecule has 0 atom stereocenters. The molecule has 0 aliphatic heterocycles. The molecule has 0 aliphatic rings. The van der Waals surface area contributed by atoms with Gasteiger partial charge in [-0.2, -0.15) is 0 Å². The standard InChI is InChI=1S/C9H14N2O3S.ClH/c10-7-8-2-1-3-9(6-8)15(13,14)11-4-5-12;/h1-3,6,11-12H,4-5,7,10H2;1H. The van der Waals surface area contributed by atoms with Crippen LogP contribution in [0.5, 0.6) is 0 Å². The van der Waals surface area contributed by atoms with Crippen LogP contribution in [-0.2, 0) is 16.6 Å². The number of benzene rings is 1. The molecule has 92 valence electrons. The Balaban J connectivity index is 0.00000225. The second kappa shape index (κ2) is 6.82. The molecule has 16 heavy (non-hydrogen) atoms. The molecule has 0 saturated carbocycles. The summed E-state index contributed by atoms with van der Waals surface area (Å²) in [6, 6.07) is 6.39. The van der Waals surface area contributed by atoms with E-state index in [2.05, 4.69) is 4.72 Å². The number of aliphatic hydroxyl groups excluding tert-OH is 1. The van der Waals surface area contributed by atoms with Crippen molar-refractivity contribution in [3.8, 4) is 0 Å². The quantitative estimate of drug-likeness (QED) is 0.690. The van der Waals surface area contributed by atoms with Gasteiger partial charge in [0.1, 0.15) is 0 Å². The number of nitrogens with one attached hydrogen (secondary N) is 1.